The number of aryl methyl sites for hydroxylation is 1. The van der Waals surface area contributed by atoms with E-state index in [0.29, 0.717) is 23.6 Å². The minimum atomic E-state index is -4.68. The Balaban J connectivity index is 1.35. The molecule has 61 heavy (non-hydrogen) atoms. The molecule has 0 amide bonds. The molecule has 0 saturated carbocycles. The van der Waals surface area contributed by atoms with Gasteiger partial charge >= 0.3 is 0 Å². The summed E-state index contributed by atoms with van der Waals surface area (Å²) in [4.78, 5) is 14.7. The molecule has 0 fully saturated rings. The molecule has 0 N–H and O–H groups in total. The number of Topliss-reactive ketones (excluding diaryl/α,β-unsaturated/α-hetero) is 1. The van der Waals surface area contributed by atoms with E-state index in [0.717, 1.165) is 89.0 Å². The molecule has 2 aliphatic heterocycles. The zero-order chi connectivity index (χ0) is 44.7. The van der Waals surface area contributed by atoms with E-state index in [9.17, 15) is 26.2 Å². The van der Waals surface area contributed by atoms with Gasteiger partial charge in [-0.3, -0.25) is 4.79 Å². The van der Waals surface area contributed by atoms with Gasteiger partial charge in [-0.25, -0.2) is 21.1 Å². The number of hydrogen-bond donors (Lipinski definition) is 0. The summed E-state index contributed by atoms with van der Waals surface area (Å²) in [6, 6.07) is 16.8. The molecular weight excluding hydrogens is 803 g/mol. The average Bonchev–Trinajstić information content (AvgIpc) is 3.55. The van der Waals surface area contributed by atoms with E-state index in [1.54, 1.807) is 19.2 Å². The molecule has 326 valence electrons. The van der Waals surface area contributed by atoms with E-state index >= 15 is 0 Å². The lowest BCUT2D eigenvalue weighted by molar-refractivity contribution is -0.438. The minimum Gasteiger partial charge on any atom is -0.744 e. The maximum Gasteiger partial charge on any atom is 0.243 e. The van der Waals surface area contributed by atoms with Gasteiger partial charge in [0.25, 0.3) is 0 Å². The molecule has 0 saturated heterocycles. The van der Waals surface area contributed by atoms with Gasteiger partial charge in [-0.2, -0.15) is 4.58 Å². The first kappa shape index (κ1) is 46.1. The van der Waals surface area contributed by atoms with Gasteiger partial charge in [-0.05, 0) is 91.2 Å². The van der Waals surface area contributed by atoms with Gasteiger partial charge in [-0.15, -0.1) is 0 Å². The molecule has 0 aromatic heterocycles. The molecule has 2 aliphatic rings. The third-order valence-corrected chi connectivity index (χ3v) is 15.4. The highest BCUT2D eigenvalue weighted by atomic mass is 32.2. The van der Waals surface area contributed by atoms with Crippen LogP contribution in [0.5, 0.6) is 0 Å². The fourth-order valence-electron chi connectivity index (χ4n) is 9.35. The zero-order valence-corrected chi connectivity index (χ0v) is 39.3. The lowest BCUT2D eigenvalue weighted by Gasteiger charge is -2.27. The lowest BCUT2D eigenvalue weighted by atomic mass is 9.79. The van der Waals surface area contributed by atoms with E-state index < -0.39 is 31.0 Å². The Bertz CT molecular complexity index is 2720. The van der Waals surface area contributed by atoms with Crippen molar-refractivity contribution in [3.63, 3.8) is 0 Å². The normalized spacial score (nSPS) is 17.1. The van der Waals surface area contributed by atoms with Crippen LogP contribution in [0.25, 0.3) is 21.5 Å². The highest BCUT2D eigenvalue weighted by molar-refractivity contribution is 7.89. The number of nitrogens with zero attached hydrogens (tertiary/aromatic N) is 3. The van der Waals surface area contributed by atoms with Crippen molar-refractivity contribution in [3.8, 4) is 0 Å². The van der Waals surface area contributed by atoms with Crippen LogP contribution in [0, 0.1) is 12.8 Å². The maximum atomic E-state index is 14.0. The van der Waals surface area contributed by atoms with Gasteiger partial charge in [0.1, 0.15) is 22.4 Å². The smallest absolute Gasteiger partial charge is 0.243 e. The van der Waals surface area contributed by atoms with Crippen molar-refractivity contribution >= 4 is 64.6 Å². The number of rotatable bonds is 17. The number of ketones is 1. The number of allylic oxidation sites excluding steroid dienone is 6. The van der Waals surface area contributed by atoms with Crippen LogP contribution in [0.1, 0.15) is 111 Å². The number of carbonyl (C=O) groups is 1. The first-order valence-electron chi connectivity index (χ1n) is 21.8. The first-order valence-corrected chi connectivity index (χ1v) is 24.6. The number of anilines is 1. The standard InChI is InChI=1S/C50H63N3O6S2/c1-11-13-30-52-40-27-25-36-38(20-18-22-43(36)60(55,56)51(10)29-19-21-42(54)34(3)4)47(40)49(6,7)45(52)23-16-15-17-24-46-50(8,9)48-39-32-35(5)33-44(61(57,58)59)37(39)26-28-41(48)53(46)31-14-12-2/h15-18,20,22-28,32-34H,11-14,19,21,29-31H2,1-10H3. The van der Waals surface area contributed by atoms with Crippen LogP contribution in [0.3, 0.4) is 0 Å². The van der Waals surface area contributed by atoms with Crippen LogP contribution in [0.2, 0.25) is 0 Å². The molecule has 0 aliphatic carbocycles. The Morgan fingerprint density at radius 2 is 1.51 bits per heavy atom. The van der Waals surface area contributed by atoms with Crippen molar-refractivity contribution in [2.24, 2.45) is 5.92 Å². The van der Waals surface area contributed by atoms with E-state index in [1.807, 2.05) is 57.2 Å². The summed E-state index contributed by atoms with van der Waals surface area (Å²) in [6.07, 6.45) is 15.3. The molecule has 0 spiro atoms. The summed E-state index contributed by atoms with van der Waals surface area (Å²) < 4.78 is 68.9. The number of benzene rings is 4. The molecule has 11 heteroatoms. The van der Waals surface area contributed by atoms with Gasteiger partial charge in [-0.1, -0.05) is 96.9 Å². The maximum absolute atomic E-state index is 14.0. The van der Waals surface area contributed by atoms with E-state index in [4.69, 9.17) is 0 Å². The first-order chi connectivity index (χ1) is 28.7. The van der Waals surface area contributed by atoms with Crippen molar-refractivity contribution in [1.82, 2.24) is 4.31 Å². The van der Waals surface area contributed by atoms with Gasteiger partial charge in [0.2, 0.25) is 15.7 Å². The fraction of sp³-hybridized carbons (Fsp3) is 0.440. The highest BCUT2D eigenvalue weighted by Crippen LogP contribution is 2.52. The highest BCUT2D eigenvalue weighted by Gasteiger charge is 2.46. The quantitative estimate of drug-likeness (QED) is 0.0589. The lowest BCUT2D eigenvalue weighted by Crippen LogP contribution is -2.29. The molecule has 0 unspecified atom stereocenters. The van der Waals surface area contributed by atoms with Crippen LogP contribution in [0.4, 0.5) is 11.4 Å². The van der Waals surface area contributed by atoms with Gasteiger partial charge < -0.3 is 9.45 Å². The molecule has 0 bridgehead atoms. The second-order valence-corrected chi connectivity index (χ2v) is 21.4. The fourth-order valence-corrected chi connectivity index (χ4v) is 11.5. The van der Waals surface area contributed by atoms with E-state index in [-0.39, 0.29) is 28.0 Å². The van der Waals surface area contributed by atoms with Gasteiger partial charge in [0.05, 0.1) is 15.2 Å². The molecule has 0 radical (unpaired) electrons. The summed E-state index contributed by atoms with van der Waals surface area (Å²) in [5.74, 6) is 0.0625. The van der Waals surface area contributed by atoms with Crippen LogP contribution in [0.15, 0.2) is 100 Å². The minimum absolute atomic E-state index is 0.0728. The molecule has 6 rings (SSSR count). The number of hydrogen-bond acceptors (Lipinski definition) is 7. The molecular formula is C50H63N3O6S2. The molecule has 4 aromatic carbocycles. The Hall–Kier alpha value is -4.42. The van der Waals surface area contributed by atoms with Gasteiger partial charge in [0, 0.05) is 78.8 Å². The van der Waals surface area contributed by atoms with Crippen molar-refractivity contribution in [2.75, 3.05) is 31.6 Å². The third kappa shape index (κ3) is 8.68. The summed E-state index contributed by atoms with van der Waals surface area (Å²) in [5, 5.41) is 2.84. The van der Waals surface area contributed by atoms with Crippen LogP contribution < -0.4 is 4.90 Å². The van der Waals surface area contributed by atoms with Crippen molar-refractivity contribution in [3.05, 3.63) is 107 Å². The van der Waals surface area contributed by atoms with Gasteiger partial charge in [0.15, 0.2) is 5.71 Å². The molecule has 9 nitrogen and oxygen atoms in total. The Morgan fingerprint density at radius 1 is 0.820 bits per heavy atom. The summed E-state index contributed by atoms with van der Waals surface area (Å²) in [7, 11) is -6.91. The predicted octanol–water partition coefficient (Wildman–Crippen LogP) is 10.6. The average molecular weight is 866 g/mol. The molecule has 0 atom stereocenters. The van der Waals surface area contributed by atoms with Crippen LogP contribution in [-0.2, 0) is 35.8 Å². The Morgan fingerprint density at radius 3 is 2.18 bits per heavy atom. The summed E-state index contributed by atoms with van der Waals surface area (Å²) in [5.41, 5.74) is 6.25. The Kier molecular flexibility index (Phi) is 13.4. The number of fused-ring (bicyclic) bond motifs is 6. The molecule has 2 heterocycles. The van der Waals surface area contributed by atoms with E-state index in [1.165, 1.54) is 10.4 Å². The Labute approximate surface area is 364 Å². The number of carbonyl (C=O) groups excluding carboxylic acids is 1. The van der Waals surface area contributed by atoms with Crippen LogP contribution >= 0.6 is 0 Å². The largest absolute Gasteiger partial charge is 0.744 e. The van der Waals surface area contributed by atoms with E-state index in [2.05, 4.69) is 81.4 Å². The monoisotopic (exact) mass is 865 g/mol. The van der Waals surface area contributed by atoms with Crippen molar-refractivity contribution in [1.29, 1.82) is 0 Å². The molecule has 4 aromatic rings. The van der Waals surface area contributed by atoms with Crippen molar-refractivity contribution < 1.29 is 30.8 Å². The second-order valence-electron chi connectivity index (χ2n) is 18.1. The number of unbranched alkanes of at least 4 members (excludes halogenated alkanes) is 2. The summed E-state index contributed by atoms with van der Waals surface area (Å²) in [6.45, 7) is 20.5. The van der Waals surface area contributed by atoms with Crippen LogP contribution in [-0.4, -0.2) is 68.4 Å². The topological polar surface area (TPSA) is 118 Å². The predicted molar refractivity (Wildman–Crippen MR) is 249 cm³/mol. The zero-order valence-electron chi connectivity index (χ0n) is 37.6. The third-order valence-electron chi connectivity index (χ3n) is 12.6. The number of sulfonamides is 1. The van der Waals surface area contributed by atoms with Crippen molar-refractivity contribution in [2.45, 2.75) is 121 Å². The second kappa shape index (κ2) is 17.8. The SMILES string of the molecule is CCCCN1/C(=C/C=C/C=C/C2=[N+](CCCC)c3ccc4c(S(=O)(=O)N(C)CCCC(=O)C(C)C)cccc4c3C2(C)C)C(C)(C)c2c1ccc1c(S(=O)(=O)[O-])cc(C)cc21. The summed E-state index contributed by atoms with van der Waals surface area (Å²) >= 11 is 0.